The van der Waals surface area contributed by atoms with E-state index in [1.807, 2.05) is 12.1 Å². The van der Waals surface area contributed by atoms with E-state index in [4.69, 9.17) is 26.3 Å². The lowest BCUT2D eigenvalue weighted by molar-refractivity contribution is -0.116. The van der Waals surface area contributed by atoms with Gasteiger partial charge in [0.2, 0.25) is 5.91 Å². The second-order valence-electron chi connectivity index (χ2n) is 5.04. The normalized spacial score (nSPS) is 9.92. The molecule has 2 rings (SSSR count). The van der Waals surface area contributed by atoms with Crippen LogP contribution in [-0.2, 0) is 11.2 Å². The van der Waals surface area contributed by atoms with E-state index in [0.717, 1.165) is 5.56 Å². The number of anilines is 1. The van der Waals surface area contributed by atoms with Crippen molar-refractivity contribution in [3.8, 4) is 17.6 Å². The lowest BCUT2D eigenvalue weighted by atomic mass is 10.1. The Balaban J connectivity index is 2.01. The van der Waals surface area contributed by atoms with Crippen molar-refractivity contribution in [2.75, 3.05) is 19.5 Å². The van der Waals surface area contributed by atoms with Crippen LogP contribution in [0.5, 0.6) is 11.5 Å². The molecule has 0 spiro atoms. The smallest absolute Gasteiger partial charge is 0.224 e. The first-order chi connectivity index (χ1) is 11.6. The Kier molecular flexibility index (Phi) is 6.05. The Morgan fingerprint density at radius 2 is 1.83 bits per heavy atom. The van der Waals surface area contributed by atoms with Crippen LogP contribution in [0.25, 0.3) is 0 Å². The Bertz CT molecular complexity index is 767. The molecule has 1 N–H and O–H groups in total. The molecule has 0 heterocycles. The topological polar surface area (TPSA) is 71.3 Å². The van der Waals surface area contributed by atoms with Gasteiger partial charge in [-0.1, -0.05) is 23.7 Å². The Labute approximate surface area is 145 Å². The number of carbonyl (C=O) groups is 1. The molecular formula is C18H17ClN2O3. The highest BCUT2D eigenvalue weighted by atomic mass is 35.5. The molecule has 0 fully saturated rings. The van der Waals surface area contributed by atoms with Crippen molar-refractivity contribution in [3.63, 3.8) is 0 Å². The fraction of sp³-hybridized carbons (Fsp3) is 0.222. The molecule has 1 amide bonds. The predicted molar refractivity (Wildman–Crippen MR) is 92.7 cm³/mol. The first kappa shape index (κ1) is 17.6. The second kappa shape index (κ2) is 8.23. The van der Waals surface area contributed by atoms with Crippen molar-refractivity contribution in [3.05, 3.63) is 52.5 Å². The highest BCUT2D eigenvalue weighted by Crippen LogP contribution is 2.35. The monoisotopic (exact) mass is 344 g/mol. The summed E-state index contributed by atoms with van der Waals surface area (Å²) in [6, 6.07) is 12.4. The molecule has 5 nitrogen and oxygen atoms in total. The zero-order chi connectivity index (χ0) is 17.5. The molecular weight excluding hydrogens is 328 g/mol. The SMILES string of the molecule is COc1cc(OC)c(NC(=O)CCc2ccc(C#N)cc2)cc1Cl. The minimum atomic E-state index is -0.154. The lowest BCUT2D eigenvalue weighted by Crippen LogP contribution is -2.13. The molecule has 0 aliphatic carbocycles. The van der Waals surface area contributed by atoms with E-state index in [-0.39, 0.29) is 5.91 Å². The predicted octanol–water partition coefficient (Wildman–Crippen LogP) is 3.80. The van der Waals surface area contributed by atoms with Crippen molar-refractivity contribution in [2.45, 2.75) is 12.8 Å². The van der Waals surface area contributed by atoms with Gasteiger partial charge in [0, 0.05) is 12.5 Å². The number of methoxy groups -OCH3 is 2. The van der Waals surface area contributed by atoms with Crippen molar-refractivity contribution in [1.29, 1.82) is 5.26 Å². The van der Waals surface area contributed by atoms with Crippen molar-refractivity contribution in [2.24, 2.45) is 0 Å². The van der Waals surface area contributed by atoms with E-state index in [2.05, 4.69) is 11.4 Å². The summed E-state index contributed by atoms with van der Waals surface area (Å²) in [6.07, 6.45) is 0.877. The molecule has 6 heteroatoms. The zero-order valence-electron chi connectivity index (χ0n) is 13.4. The number of nitrogens with zero attached hydrogens (tertiary/aromatic N) is 1. The summed E-state index contributed by atoms with van der Waals surface area (Å²) in [4.78, 5) is 12.1. The molecule has 0 atom stereocenters. The van der Waals surface area contributed by atoms with E-state index < -0.39 is 0 Å². The molecule has 0 saturated carbocycles. The van der Waals surface area contributed by atoms with Crippen LogP contribution >= 0.6 is 11.6 Å². The number of aryl methyl sites for hydroxylation is 1. The van der Waals surface area contributed by atoms with Gasteiger partial charge in [0.15, 0.2) is 0 Å². The Morgan fingerprint density at radius 1 is 1.17 bits per heavy atom. The van der Waals surface area contributed by atoms with Crippen LogP contribution in [0.4, 0.5) is 5.69 Å². The number of halogens is 1. The molecule has 0 aromatic heterocycles. The number of nitrogens with one attached hydrogen (secondary N) is 1. The number of benzene rings is 2. The molecule has 24 heavy (non-hydrogen) atoms. The fourth-order valence-corrected chi connectivity index (χ4v) is 2.42. The number of amides is 1. The van der Waals surface area contributed by atoms with Gasteiger partial charge in [0.25, 0.3) is 0 Å². The molecule has 0 bridgehead atoms. The van der Waals surface area contributed by atoms with E-state index in [1.54, 1.807) is 24.3 Å². The summed E-state index contributed by atoms with van der Waals surface area (Å²) in [6.45, 7) is 0. The van der Waals surface area contributed by atoms with E-state index in [1.165, 1.54) is 14.2 Å². The fourth-order valence-electron chi connectivity index (χ4n) is 2.17. The lowest BCUT2D eigenvalue weighted by Gasteiger charge is -2.13. The maximum atomic E-state index is 12.1. The van der Waals surface area contributed by atoms with E-state index in [0.29, 0.717) is 40.6 Å². The highest BCUT2D eigenvalue weighted by molar-refractivity contribution is 6.32. The maximum Gasteiger partial charge on any atom is 0.224 e. The van der Waals surface area contributed by atoms with Crippen LogP contribution in [0.3, 0.4) is 0 Å². The van der Waals surface area contributed by atoms with Gasteiger partial charge in [-0.25, -0.2) is 0 Å². The summed E-state index contributed by atoms with van der Waals surface area (Å²) in [5, 5.41) is 12.0. The van der Waals surface area contributed by atoms with E-state index in [9.17, 15) is 4.79 Å². The van der Waals surface area contributed by atoms with Gasteiger partial charge in [-0.15, -0.1) is 0 Å². The van der Waals surface area contributed by atoms with E-state index >= 15 is 0 Å². The number of nitriles is 1. The average molecular weight is 345 g/mol. The average Bonchev–Trinajstić information content (AvgIpc) is 2.60. The first-order valence-electron chi connectivity index (χ1n) is 7.27. The summed E-state index contributed by atoms with van der Waals surface area (Å²) >= 11 is 6.09. The van der Waals surface area contributed by atoms with Crippen LogP contribution in [0.15, 0.2) is 36.4 Å². The van der Waals surface area contributed by atoms with Crippen molar-refractivity contribution >= 4 is 23.2 Å². The molecule has 2 aromatic rings. The third-order valence-corrected chi connectivity index (χ3v) is 3.77. The second-order valence-corrected chi connectivity index (χ2v) is 5.45. The van der Waals surface area contributed by atoms with Gasteiger partial charge < -0.3 is 14.8 Å². The van der Waals surface area contributed by atoms with Gasteiger partial charge in [0.1, 0.15) is 11.5 Å². The third-order valence-electron chi connectivity index (χ3n) is 3.47. The molecule has 0 unspecified atom stereocenters. The number of carbonyl (C=O) groups excluding carboxylic acids is 1. The highest BCUT2D eigenvalue weighted by Gasteiger charge is 2.12. The molecule has 2 aromatic carbocycles. The Hall–Kier alpha value is -2.71. The number of hydrogen-bond donors (Lipinski definition) is 1. The molecule has 0 saturated heterocycles. The summed E-state index contributed by atoms with van der Waals surface area (Å²) in [5.74, 6) is 0.797. The van der Waals surface area contributed by atoms with Gasteiger partial charge in [-0.2, -0.15) is 5.26 Å². The van der Waals surface area contributed by atoms with Gasteiger partial charge in [0.05, 0.1) is 36.6 Å². The molecule has 0 radical (unpaired) electrons. The summed E-state index contributed by atoms with van der Waals surface area (Å²) in [7, 11) is 3.02. The summed E-state index contributed by atoms with van der Waals surface area (Å²) < 4.78 is 10.4. The van der Waals surface area contributed by atoms with Crippen molar-refractivity contribution < 1.29 is 14.3 Å². The molecule has 0 aliphatic heterocycles. The van der Waals surface area contributed by atoms with Gasteiger partial charge in [-0.05, 0) is 30.2 Å². The van der Waals surface area contributed by atoms with Crippen LogP contribution < -0.4 is 14.8 Å². The van der Waals surface area contributed by atoms with Crippen LogP contribution in [0, 0.1) is 11.3 Å². The maximum absolute atomic E-state index is 12.1. The van der Waals surface area contributed by atoms with Gasteiger partial charge >= 0.3 is 0 Å². The zero-order valence-corrected chi connectivity index (χ0v) is 14.2. The minimum Gasteiger partial charge on any atom is -0.495 e. The Morgan fingerprint density at radius 3 is 2.42 bits per heavy atom. The largest absolute Gasteiger partial charge is 0.495 e. The van der Waals surface area contributed by atoms with Crippen LogP contribution in [-0.4, -0.2) is 20.1 Å². The first-order valence-corrected chi connectivity index (χ1v) is 7.65. The van der Waals surface area contributed by atoms with Crippen molar-refractivity contribution in [1.82, 2.24) is 0 Å². The molecule has 124 valence electrons. The standard InChI is InChI=1S/C18H17ClN2O3/c1-23-16-10-17(24-2)15(9-14(16)19)21-18(22)8-7-12-3-5-13(11-20)6-4-12/h3-6,9-10H,7-8H2,1-2H3,(H,21,22). The molecule has 0 aliphatic rings. The minimum absolute atomic E-state index is 0.154. The van der Waals surface area contributed by atoms with Crippen LogP contribution in [0.2, 0.25) is 5.02 Å². The quantitative estimate of drug-likeness (QED) is 0.865. The number of hydrogen-bond acceptors (Lipinski definition) is 4. The number of ether oxygens (including phenoxy) is 2. The number of rotatable bonds is 6. The summed E-state index contributed by atoms with van der Waals surface area (Å²) in [5.41, 5.74) is 2.08. The van der Waals surface area contributed by atoms with Crippen LogP contribution in [0.1, 0.15) is 17.5 Å². The third kappa shape index (κ3) is 4.40. The van der Waals surface area contributed by atoms with Gasteiger partial charge in [-0.3, -0.25) is 4.79 Å².